The number of fused-ring (bicyclic) bond motifs is 2. The van der Waals surface area contributed by atoms with Gasteiger partial charge in [-0.05, 0) is 62.1 Å². The molecule has 0 spiro atoms. The van der Waals surface area contributed by atoms with Crippen LogP contribution in [-0.2, 0) is 22.4 Å². The van der Waals surface area contributed by atoms with Crippen molar-refractivity contribution in [2.45, 2.75) is 46.1 Å². The van der Waals surface area contributed by atoms with Gasteiger partial charge in [-0.25, -0.2) is 9.59 Å². The number of amides is 1. The number of carboxylic acid groups (broad SMARTS) is 1. The molecule has 0 saturated carbocycles. The summed E-state index contributed by atoms with van der Waals surface area (Å²) in [6.45, 7) is 5.67. The molecule has 0 radical (unpaired) electrons. The number of aryl methyl sites for hydroxylation is 3. The first-order chi connectivity index (χ1) is 16.1. The van der Waals surface area contributed by atoms with E-state index >= 15 is 0 Å². The number of rotatable bonds is 7. The lowest BCUT2D eigenvalue weighted by atomic mass is 10.00. The van der Waals surface area contributed by atoms with Crippen LogP contribution in [0.1, 0.15) is 34.4 Å². The van der Waals surface area contributed by atoms with Crippen LogP contribution < -0.4 is 10.9 Å². The fourth-order valence-corrected chi connectivity index (χ4v) is 4.20. The number of aliphatic carboxylic acids is 1. The number of halogens is 1. The van der Waals surface area contributed by atoms with E-state index in [1.165, 1.54) is 0 Å². The van der Waals surface area contributed by atoms with E-state index in [0.717, 1.165) is 33.2 Å². The van der Waals surface area contributed by atoms with Crippen LogP contribution in [0.2, 0.25) is 5.02 Å². The maximum absolute atomic E-state index is 12.6. The first kappa shape index (κ1) is 23.6. The van der Waals surface area contributed by atoms with Gasteiger partial charge in [-0.3, -0.25) is 4.79 Å². The van der Waals surface area contributed by atoms with Crippen molar-refractivity contribution >= 4 is 45.4 Å². The van der Waals surface area contributed by atoms with Gasteiger partial charge in [-0.15, -0.1) is 0 Å². The van der Waals surface area contributed by atoms with E-state index in [1.54, 1.807) is 30.3 Å². The maximum atomic E-state index is 12.6. The Kier molecular flexibility index (Phi) is 6.48. The minimum absolute atomic E-state index is 0.0480. The highest BCUT2D eigenvalue weighted by atomic mass is 35.5. The molecule has 0 saturated heterocycles. The molecule has 176 valence electrons. The summed E-state index contributed by atoms with van der Waals surface area (Å²) in [5.41, 5.74) is 3.43. The Morgan fingerprint density at radius 1 is 1.00 bits per heavy atom. The van der Waals surface area contributed by atoms with E-state index in [2.05, 4.69) is 5.32 Å². The molecule has 2 N–H and O–H groups in total. The van der Waals surface area contributed by atoms with Crippen LogP contribution in [0.15, 0.2) is 50.0 Å². The summed E-state index contributed by atoms with van der Waals surface area (Å²) in [6.07, 6.45) is 0.201. The second-order valence-corrected chi connectivity index (χ2v) is 8.85. The van der Waals surface area contributed by atoms with Crippen LogP contribution in [0, 0.1) is 20.8 Å². The molecular formula is C26H24ClNO6. The lowest BCUT2D eigenvalue weighted by Crippen LogP contribution is -2.42. The highest BCUT2D eigenvalue weighted by Gasteiger charge is 2.21. The maximum Gasteiger partial charge on any atom is 0.339 e. The fraction of sp³-hybridized carbons (Fsp3) is 0.269. The monoisotopic (exact) mass is 481 g/mol. The molecule has 2 heterocycles. The second-order valence-electron chi connectivity index (χ2n) is 8.41. The average Bonchev–Trinajstić information content (AvgIpc) is 3.06. The van der Waals surface area contributed by atoms with E-state index in [9.17, 15) is 19.5 Å². The Morgan fingerprint density at radius 3 is 2.32 bits per heavy atom. The topological polar surface area (TPSA) is 110 Å². The molecule has 1 atom stereocenters. The molecular weight excluding hydrogens is 458 g/mol. The number of hydrogen-bond donors (Lipinski definition) is 2. The van der Waals surface area contributed by atoms with Crippen molar-refractivity contribution in [2.75, 3.05) is 0 Å². The van der Waals surface area contributed by atoms with Crippen LogP contribution in [-0.4, -0.2) is 23.0 Å². The van der Waals surface area contributed by atoms with E-state index in [-0.39, 0.29) is 19.3 Å². The van der Waals surface area contributed by atoms with Gasteiger partial charge in [-0.1, -0.05) is 23.7 Å². The summed E-state index contributed by atoms with van der Waals surface area (Å²) in [4.78, 5) is 36.8. The summed E-state index contributed by atoms with van der Waals surface area (Å²) in [5, 5.41) is 14.3. The van der Waals surface area contributed by atoms with Gasteiger partial charge >= 0.3 is 11.6 Å². The number of nitrogens with one attached hydrogen (secondary N) is 1. The minimum atomic E-state index is -1.14. The van der Waals surface area contributed by atoms with Gasteiger partial charge in [-0.2, -0.15) is 0 Å². The summed E-state index contributed by atoms with van der Waals surface area (Å²) in [6, 6.07) is 9.32. The quantitative estimate of drug-likeness (QED) is 0.365. The highest BCUT2D eigenvalue weighted by molar-refractivity contribution is 6.30. The van der Waals surface area contributed by atoms with Crippen LogP contribution in [0.3, 0.4) is 0 Å². The van der Waals surface area contributed by atoms with Gasteiger partial charge < -0.3 is 19.3 Å². The van der Waals surface area contributed by atoms with Gasteiger partial charge in [0.25, 0.3) is 0 Å². The predicted octanol–water partition coefficient (Wildman–Crippen LogP) is 4.86. The molecule has 0 bridgehead atoms. The van der Waals surface area contributed by atoms with E-state index in [0.29, 0.717) is 21.8 Å². The van der Waals surface area contributed by atoms with Crippen LogP contribution in [0.4, 0.5) is 0 Å². The summed E-state index contributed by atoms with van der Waals surface area (Å²) in [7, 11) is 0. The zero-order valence-corrected chi connectivity index (χ0v) is 19.8. The Hall–Kier alpha value is -3.58. The highest BCUT2D eigenvalue weighted by Crippen LogP contribution is 2.31. The summed E-state index contributed by atoms with van der Waals surface area (Å²) in [5.74, 6) is -0.801. The van der Waals surface area contributed by atoms with Crippen molar-refractivity contribution in [1.82, 2.24) is 5.32 Å². The predicted molar refractivity (Wildman–Crippen MR) is 130 cm³/mol. The number of hydrogen-bond acceptors (Lipinski definition) is 5. The van der Waals surface area contributed by atoms with Crippen molar-refractivity contribution in [3.8, 4) is 0 Å². The number of furan rings is 1. The van der Waals surface area contributed by atoms with Crippen LogP contribution >= 0.6 is 11.6 Å². The Balaban J connectivity index is 1.52. The SMILES string of the molecule is Cc1oc2cc3oc(=O)c(CCC(=O)N[C@H](Cc4ccc(Cl)cc4)C(=O)O)c(C)c3cc2c1C. The molecule has 0 aliphatic heterocycles. The van der Waals surface area contributed by atoms with Gasteiger partial charge in [0.15, 0.2) is 0 Å². The number of carboxylic acids is 1. The molecule has 34 heavy (non-hydrogen) atoms. The van der Waals surface area contributed by atoms with Crippen LogP contribution in [0.25, 0.3) is 21.9 Å². The van der Waals surface area contributed by atoms with E-state index in [1.807, 2.05) is 26.8 Å². The normalized spacial score (nSPS) is 12.2. The standard InChI is InChI=1S/C26H24ClNO6/c1-13-15(3)33-22-12-23-20(11-19(13)22)14(2)18(26(32)34-23)8-9-24(29)28-21(25(30)31)10-16-4-6-17(27)7-5-16/h4-7,11-12,21H,8-10H2,1-3H3,(H,28,29)(H,30,31)/t21-/m1/s1. The van der Waals surface area contributed by atoms with Gasteiger partial charge in [0.2, 0.25) is 5.91 Å². The van der Waals surface area contributed by atoms with Gasteiger partial charge in [0, 0.05) is 40.3 Å². The van der Waals surface area contributed by atoms with Crippen LogP contribution in [0.5, 0.6) is 0 Å². The summed E-state index contributed by atoms with van der Waals surface area (Å²) >= 11 is 5.87. The Bertz CT molecular complexity index is 1470. The third-order valence-corrected chi connectivity index (χ3v) is 6.42. The van der Waals surface area contributed by atoms with Gasteiger partial charge in [0.05, 0.1) is 0 Å². The van der Waals surface area contributed by atoms with Gasteiger partial charge in [0.1, 0.15) is 23.0 Å². The molecule has 0 aliphatic carbocycles. The molecule has 0 unspecified atom stereocenters. The smallest absolute Gasteiger partial charge is 0.339 e. The first-order valence-corrected chi connectivity index (χ1v) is 11.2. The Morgan fingerprint density at radius 2 is 1.65 bits per heavy atom. The molecule has 2 aromatic heterocycles. The molecule has 0 aliphatic rings. The number of carbonyl (C=O) groups excluding carboxylic acids is 1. The third kappa shape index (κ3) is 4.70. The fourth-order valence-electron chi connectivity index (χ4n) is 4.08. The number of benzene rings is 2. The Labute approximate surface area is 200 Å². The average molecular weight is 482 g/mol. The van der Waals surface area contributed by atoms with E-state index in [4.69, 9.17) is 20.4 Å². The zero-order valence-electron chi connectivity index (χ0n) is 19.0. The lowest BCUT2D eigenvalue weighted by molar-refractivity contribution is -0.141. The molecule has 0 fully saturated rings. The molecule has 8 heteroatoms. The largest absolute Gasteiger partial charge is 0.480 e. The van der Waals surface area contributed by atoms with Crippen molar-refractivity contribution in [2.24, 2.45) is 0 Å². The lowest BCUT2D eigenvalue weighted by Gasteiger charge is -2.15. The third-order valence-electron chi connectivity index (χ3n) is 6.17. The first-order valence-electron chi connectivity index (χ1n) is 10.9. The van der Waals surface area contributed by atoms with Crippen molar-refractivity contribution in [3.05, 3.63) is 79.9 Å². The summed E-state index contributed by atoms with van der Waals surface area (Å²) < 4.78 is 11.2. The van der Waals surface area contributed by atoms with E-state index < -0.39 is 23.5 Å². The molecule has 2 aromatic carbocycles. The number of carbonyl (C=O) groups is 2. The van der Waals surface area contributed by atoms with Crippen molar-refractivity contribution in [1.29, 1.82) is 0 Å². The second kappa shape index (κ2) is 9.35. The minimum Gasteiger partial charge on any atom is -0.480 e. The molecule has 7 nitrogen and oxygen atoms in total. The van der Waals surface area contributed by atoms with Crippen molar-refractivity contribution < 1.29 is 23.5 Å². The zero-order chi connectivity index (χ0) is 24.6. The molecule has 1 amide bonds. The molecule has 4 rings (SSSR count). The van der Waals surface area contributed by atoms with Crippen molar-refractivity contribution in [3.63, 3.8) is 0 Å². The molecule has 4 aromatic rings.